The smallest absolute Gasteiger partial charge is 0.329 e. The molecule has 0 spiro atoms. The number of hydrogen-bond donors (Lipinski definition) is 1. The van der Waals surface area contributed by atoms with E-state index in [1.165, 1.54) is 4.57 Å². The minimum atomic E-state index is -0.308. The third-order valence-corrected chi connectivity index (χ3v) is 3.44. The number of nitrogens with two attached hydrogens (primary N) is 1. The molecular weight excluding hydrogens is 258 g/mol. The molecule has 0 aliphatic heterocycles. The molecule has 7 nitrogen and oxygen atoms in total. The molecular formula is C13H21N5O2. The quantitative estimate of drug-likeness (QED) is 0.867. The van der Waals surface area contributed by atoms with E-state index in [2.05, 4.69) is 4.98 Å². The van der Waals surface area contributed by atoms with Crippen LogP contribution in [0.4, 0.5) is 0 Å². The lowest BCUT2D eigenvalue weighted by atomic mass is 10.3. The predicted octanol–water partition coefficient (Wildman–Crippen LogP) is 0.228. The van der Waals surface area contributed by atoms with Gasteiger partial charge in [-0.15, -0.1) is 0 Å². The van der Waals surface area contributed by atoms with Crippen LogP contribution in [0.1, 0.15) is 32.6 Å². The molecule has 2 rings (SSSR count). The van der Waals surface area contributed by atoms with Gasteiger partial charge in [0.1, 0.15) is 5.82 Å². The molecule has 0 aliphatic rings. The SMILES string of the molecule is CCn1c(=O)c2c(nc(C)n2CCN)n(C(C)C)c1=O. The van der Waals surface area contributed by atoms with E-state index < -0.39 is 0 Å². The molecule has 0 saturated heterocycles. The normalized spacial score (nSPS) is 11.7. The monoisotopic (exact) mass is 279 g/mol. The third kappa shape index (κ3) is 1.98. The largest absolute Gasteiger partial charge is 0.332 e. The molecule has 20 heavy (non-hydrogen) atoms. The Labute approximate surface area is 116 Å². The summed E-state index contributed by atoms with van der Waals surface area (Å²) in [7, 11) is 0. The third-order valence-electron chi connectivity index (χ3n) is 3.44. The van der Waals surface area contributed by atoms with E-state index in [1.54, 1.807) is 16.1 Å². The first-order chi connectivity index (χ1) is 9.43. The van der Waals surface area contributed by atoms with Crippen molar-refractivity contribution in [2.75, 3.05) is 6.54 Å². The molecule has 2 heterocycles. The summed E-state index contributed by atoms with van der Waals surface area (Å²) in [5.74, 6) is 0.699. The van der Waals surface area contributed by atoms with Gasteiger partial charge in [-0.2, -0.15) is 0 Å². The number of fused-ring (bicyclic) bond motifs is 1. The van der Waals surface area contributed by atoms with Gasteiger partial charge >= 0.3 is 5.69 Å². The molecule has 0 atom stereocenters. The van der Waals surface area contributed by atoms with Crippen LogP contribution in [-0.4, -0.2) is 25.2 Å². The van der Waals surface area contributed by atoms with Crippen molar-refractivity contribution in [1.29, 1.82) is 0 Å². The summed E-state index contributed by atoms with van der Waals surface area (Å²) in [5, 5.41) is 0. The van der Waals surface area contributed by atoms with Gasteiger partial charge in [-0.05, 0) is 27.7 Å². The molecule has 0 saturated carbocycles. The maximum atomic E-state index is 12.5. The summed E-state index contributed by atoms with van der Waals surface area (Å²) < 4.78 is 4.61. The number of imidazole rings is 1. The van der Waals surface area contributed by atoms with Crippen LogP contribution < -0.4 is 17.0 Å². The molecule has 0 aromatic carbocycles. The number of hydrogen-bond acceptors (Lipinski definition) is 4. The lowest BCUT2D eigenvalue weighted by Gasteiger charge is -2.13. The summed E-state index contributed by atoms with van der Waals surface area (Å²) in [6.07, 6.45) is 0. The highest BCUT2D eigenvalue weighted by Crippen LogP contribution is 2.14. The highest BCUT2D eigenvalue weighted by molar-refractivity contribution is 5.71. The van der Waals surface area contributed by atoms with E-state index in [9.17, 15) is 9.59 Å². The Balaban J connectivity index is 3.03. The van der Waals surface area contributed by atoms with Crippen molar-refractivity contribution in [3.05, 3.63) is 26.7 Å². The standard InChI is InChI=1S/C13H21N5O2/c1-5-16-12(19)10-11(18(8(2)3)13(16)20)15-9(4)17(10)7-6-14/h8H,5-7,14H2,1-4H3. The van der Waals surface area contributed by atoms with Crippen molar-refractivity contribution < 1.29 is 0 Å². The molecule has 0 unspecified atom stereocenters. The van der Waals surface area contributed by atoms with Gasteiger partial charge < -0.3 is 10.3 Å². The summed E-state index contributed by atoms with van der Waals surface area (Å²) in [4.78, 5) is 29.3. The maximum absolute atomic E-state index is 12.5. The lowest BCUT2D eigenvalue weighted by molar-refractivity contribution is 0.532. The molecule has 0 amide bonds. The number of aryl methyl sites for hydroxylation is 1. The van der Waals surface area contributed by atoms with Crippen LogP contribution in [0.15, 0.2) is 9.59 Å². The van der Waals surface area contributed by atoms with Crippen molar-refractivity contribution in [1.82, 2.24) is 18.7 Å². The molecule has 0 radical (unpaired) electrons. The van der Waals surface area contributed by atoms with Crippen LogP contribution in [0.5, 0.6) is 0 Å². The second kappa shape index (κ2) is 5.24. The van der Waals surface area contributed by atoms with Crippen LogP contribution >= 0.6 is 0 Å². The van der Waals surface area contributed by atoms with Crippen molar-refractivity contribution in [3.63, 3.8) is 0 Å². The van der Waals surface area contributed by atoms with Crippen LogP contribution in [-0.2, 0) is 13.1 Å². The maximum Gasteiger partial charge on any atom is 0.332 e. The second-order valence-corrected chi connectivity index (χ2v) is 5.07. The van der Waals surface area contributed by atoms with Gasteiger partial charge in [-0.25, -0.2) is 9.78 Å². The molecule has 0 fully saturated rings. The molecule has 110 valence electrons. The Morgan fingerprint density at radius 2 is 1.90 bits per heavy atom. The molecule has 2 aromatic rings. The van der Waals surface area contributed by atoms with E-state index in [1.807, 2.05) is 20.8 Å². The Morgan fingerprint density at radius 3 is 2.40 bits per heavy atom. The van der Waals surface area contributed by atoms with Crippen molar-refractivity contribution in [2.24, 2.45) is 5.73 Å². The van der Waals surface area contributed by atoms with E-state index in [0.717, 1.165) is 0 Å². The van der Waals surface area contributed by atoms with Crippen LogP contribution in [0.25, 0.3) is 11.2 Å². The van der Waals surface area contributed by atoms with Crippen molar-refractivity contribution in [2.45, 2.75) is 46.8 Å². The Bertz CT molecular complexity index is 751. The topological polar surface area (TPSA) is 87.8 Å². The fourth-order valence-corrected chi connectivity index (χ4v) is 2.51. The number of rotatable bonds is 4. The van der Waals surface area contributed by atoms with Crippen LogP contribution in [0.3, 0.4) is 0 Å². The molecule has 7 heteroatoms. The average molecular weight is 279 g/mol. The van der Waals surface area contributed by atoms with E-state index >= 15 is 0 Å². The van der Waals surface area contributed by atoms with E-state index in [0.29, 0.717) is 36.6 Å². The minimum absolute atomic E-state index is 0.0657. The number of aromatic nitrogens is 4. The molecule has 2 N–H and O–H groups in total. The van der Waals surface area contributed by atoms with Crippen molar-refractivity contribution >= 4 is 11.2 Å². The number of nitrogens with zero attached hydrogens (tertiary/aromatic N) is 4. The first-order valence-corrected chi connectivity index (χ1v) is 6.86. The minimum Gasteiger partial charge on any atom is -0.329 e. The fraction of sp³-hybridized carbons (Fsp3) is 0.615. The first kappa shape index (κ1) is 14.5. The van der Waals surface area contributed by atoms with E-state index in [4.69, 9.17) is 5.73 Å². The van der Waals surface area contributed by atoms with Crippen LogP contribution in [0.2, 0.25) is 0 Å². The van der Waals surface area contributed by atoms with Crippen molar-refractivity contribution in [3.8, 4) is 0 Å². The van der Waals surface area contributed by atoms with Crippen LogP contribution in [0, 0.1) is 6.92 Å². The zero-order chi connectivity index (χ0) is 15.0. The predicted molar refractivity (Wildman–Crippen MR) is 78.1 cm³/mol. The summed E-state index contributed by atoms with van der Waals surface area (Å²) in [6.45, 7) is 8.69. The van der Waals surface area contributed by atoms with Gasteiger partial charge in [0, 0.05) is 25.7 Å². The van der Waals surface area contributed by atoms with Gasteiger partial charge in [0.15, 0.2) is 11.2 Å². The summed E-state index contributed by atoms with van der Waals surface area (Å²) >= 11 is 0. The fourth-order valence-electron chi connectivity index (χ4n) is 2.51. The van der Waals surface area contributed by atoms with Gasteiger partial charge in [0.2, 0.25) is 0 Å². The van der Waals surface area contributed by atoms with Gasteiger partial charge in [-0.3, -0.25) is 13.9 Å². The van der Waals surface area contributed by atoms with Gasteiger partial charge in [0.05, 0.1) is 0 Å². The molecule has 0 bridgehead atoms. The zero-order valence-corrected chi connectivity index (χ0v) is 12.4. The first-order valence-electron chi connectivity index (χ1n) is 6.86. The van der Waals surface area contributed by atoms with Gasteiger partial charge in [0.25, 0.3) is 5.56 Å². The Hall–Kier alpha value is -1.89. The second-order valence-electron chi connectivity index (χ2n) is 5.07. The summed E-state index contributed by atoms with van der Waals surface area (Å²) in [5.41, 5.74) is 5.91. The highest BCUT2D eigenvalue weighted by atomic mass is 16.2. The van der Waals surface area contributed by atoms with Gasteiger partial charge in [-0.1, -0.05) is 0 Å². The zero-order valence-electron chi connectivity index (χ0n) is 12.4. The highest BCUT2D eigenvalue weighted by Gasteiger charge is 2.20. The average Bonchev–Trinajstić information content (AvgIpc) is 2.67. The Kier molecular flexibility index (Phi) is 3.80. The summed E-state index contributed by atoms with van der Waals surface area (Å²) in [6, 6.07) is -0.0657. The Morgan fingerprint density at radius 1 is 1.25 bits per heavy atom. The lowest BCUT2D eigenvalue weighted by Crippen LogP contribution is -2.41. The van der Waals surface area contributed by atoms with E-state index in [-0.39, 0.29) is 17.3 Å². The molecule has 0 aliphatic carbocycles. The molecule has 2 aromatic heterocycles.